The van der Waals surface area contributed by atoms with Gasteiger partial charge in [-0.15, -0.1) is 0 Å². The smallest absolute Gasteiger partial charge is 0.167 e. The minimum absolute atomic E-state index is 0.127. The van der Waals surface area contributed by atoms with Crippen molar-refractivity contribution in [2.45, 2.75) is 25.7 Å². The Bertz CT molecular complexity index is 331. The zero-order chi connectivity index (χ0) is 12.5. The van der Waals surface area contributed by atoms with Gasteiger partial charge in [0.2, 0.25) is 0 Å². The fraction of sp³-hybridized carbons (Fsp3) is 0.538. The van der Waals surface area contributed by atoms with Gasteiger partial charge in [-0.05, 0) is 38.6 Å². The lowest BCUT2D eigenvalue weighted by Gasteiger charge is -2.07. The van der Waals surface area contributed by atoms with Gasteiger partial charge in [0.05, 0.1) is 6.61 Å². The van der Waals surface area contributed by atoms with E-state index in [0.717, 1.165) is 38.3 Å². The van der Waals surface area contributed by atoms with Gasteiger partial charge in [0.25, 0.3) is 0 Å². The quantitative estimate of drug-likeness (QED) is 0.708. The van der Waals surface area contributed by atoms with Crippen molar-refractivity contribution in [3.8, 4) is 5.75 Å². The van der Waals surface area contributed by atoms with Crippen LogP contribution < -0.4 is 10.1 Å². The third kappa shape index (κ3) is 5.63. The second-order valence-corrected chi connectivity index (χ2v) is 3.94. The molecule has 1 rings (SSSR count). The molecule has 0 atom stereocenters. The highest BCUT2D eigenvalue weighted by Crippen LogP contribution is 2.17. The first kappa shape index (κ1) is 13.9. The van der Waals surface area contributed by atoms with Gasteiger partial charge >= 0.3 is 0 Å². The molecule has 17 heavy (non-hydrogen) atoms. The zero-order valence-electron chi connectivity index (χ0n) is 10.1. The highest BCUT2D eigenvalue weighted by atomic mass is 19.1. The number of ether oxygens (including phenoxy) is 1. The normalized spacial score (nSPS) is 10.5. The van der Waals surface area contributed by atoms with Crippen LogP contribution in [0.15, 0.2) is 18.2 Å². The monoisotopic (exact) mass is 243 g/mol. The Kier molecular flexibility index (Phi) is 6.55. The Morgan fingerprint density at radius 1 is 1.12 bits per heavy atom. The Morgan fingerprint density at radius 2 is 1.88 bits per heavy atom. The number of rotatable bonds is 8. The van der Waals surface area contributed by atoms with E-state index in [-0.39, 0.29) is 5.75 Å². The van der Waals surface area contributed by atoms with Gasteiger partial charge in [0, 0.05) is 6.07 Å². The van der Waals surface area contributed by atoms with Crippen molar-refractivity contribution < 1.29 is 13.5 Å². The van der Waals surface area contributed by atoms with Crippen molar-refractivity contribution in [2.24, 2.45) is 0 Å². The molecule has 1 aromatic rings. The summed E-state index contributed by atoms with van der Waals surface area (Å²) in [4.78, 5) is 0. The molecule has 0 fully saturated rings. The average molecular weight is 243 g/mol. The van der Waals surface area contributed by atoms with Gasteiger partial charge in [-0.1, -0.05) is 12.8 Å². The van der Waals surface area contributed by atoms with Crippen LogP contribution in [0, 0.1) is 11.6 Å². The average Bonchev–Trinajstić information content (AvgIpc) is 2.30. The van der Waals surface area contributed by atoms with Gasteiger partial charge in [0.1, 0.15) is 5.82 Å². The van der Waals surface area contributed by atoms with E-state index in [0.29, 0.717) is 6.61 Å². The molecular weight excluding hydrogens is 224 g/mol. The van der Waals surface area contributed by atoms with Crippen LogP contribution in [0.1, 0.15) is 25.7 Å². The number of halogens is 2. The molecule has 0 unspecified atom stereocenters. The van der Waals surface area contributed by atoms with Crippen LogP contribution in [0.4, 0.5) is 8.78 Å². The molecule has 0 aromatic heterocycles. The molecule has 1 N–H and O–H groups in total. The summed E-state index contributed by atoms with van der Waals surface area (Å²) in [5.74, 6) is -1.09. The summed E-state index contributed by atoms with van der Waals surface area (Å²) in [6.45, 7) is 1.50. The predicted octanol–water partition coefficient (Wildman–Crippen LogP) is 3.12. The molecule has 2 nitrogen and oxygen atoms in total. The van der Waals surface area contributed by atoms with Gasteiger partial charge < -0.3 is 10.1 Å². The van der Waals surface area contributed by atoms with Crippen molar-refractivity contribution in [2.75, 3.05) is 20.2 Å². The highest BCUT2D eigenvalue weighted by Gasteiger charge is 2.03. The summed E-state index contributed by atoms with van der Waals surface area (Å²) in [7, 11) is 1.93. The maximum Gasteiger partial charge on any atom is 0.167 e. The first-order valence-corrected chi connectivity index (χ1v) is 5.96. The topological polar surface area (TPSA) is 21.3 Å². The summed E-state index contributed by atoms with van der Waals surface area (Å²) in [6.07, 6.45) is 4.22. The zero-order valence-corrected chi connectivity index (χ0v) is 10.1. The standard InChI is InChI=1S/C13H19F2NO/c1-16-8-4-2-3-5-9-17-13-7-6-11(14)10-12(13)15/h6-7,10,16H,2-5,8-9H2,1H3. The van der Waals surface area contributed by atoms with Gasteiger partial charge in [0.15, 0.2) is 11.6 Å². The Labute approximate surface area is 101 Å². The molecule has 1 aromatic carbocycles. The fourth-order valence-corrected chi connectivity index (χ4v) is 1.53. The lowest BCUT2D eigenvalue weighted by atomic mass is 10.2. The van der Waals surface area contributed by atoms with Crippen LogP contribution in [0.3, 0.4) is 0 Å². The summed E-state index contributed by atoms with van der Waals surface area (Å²) in [5, 5.41) is 3.08. The van der Waals surface area contributed by atoms with Crippen LogP contribution >= 0.6 is 0 Å². The SMILES string of the molecule is CNCCCCCCOc1ccc(F)cc1F. The van der Waals surface area contributed by atoms with Gasteiger partial charge in [-0.3, -0.25) is 0 Å². The molecule has 0 aliphatic heterocycles. The minimum Gasteiger partial charge on any atom is -0.491 e. The molecule has 0 aliphatic carbocycles. The lowest BCUT2D eigenvalue weighted by Crippen LogP contribution is -2.07. The maximum absolute atomic E-state index is 13.2. The molecule has 0 aliphatic rings. The van der Waals surface area contributed by atoms with Crippen molar-refractivity contribution in [1.82, 2.24) is 5.32 Å². The van der Waals surface area contributed by atoms with Crippen molar-refractivity contribution in [1.29, 1.82) is 0 Å². The summed E-state index contributed by atoms with van der Waals surface area (Å²) in [6, 6.07) is 3.36. The Morgan fingerprint density at radius 3 is 2.59 bits per heavy atom. The third-order valence-corrected chi connectivity index (χ3v) is 2.47. The fourth-order valence-electron chi connectivity index (χ4n) is 1.53. The summed E-state index contributed by atoms with van der Waals surface area (Å²) >= 11 is 0. The third-order valence-electron chi connectivity index (χ3n) is 2.47. The van der Waals surface area contributed by atoms with E-state index in [1.807, 2.05) is 7.05 Å². The number of benzene rings is 1. The predicted molar refractivity (Wildman–Crippen MR) is 64.2 cm³/mol. The van der Waals surface area contributed by atoms with E-state index in [9.17, 15) is 8.78 Å². The molecule has 0 saturated carbocycles. The Balaban J connectivity index is 2.14. The highest BCUT2D eigenvalue weighted by molar-refractivity contribution is 5.24. The minimum atomic E-state index is -0.639. The van der Waals surface area contributed by atoms with E-state index < -0.39 is 11.6 Å². The molecular formula is C13H19F2NO. The second kappa shape index (κ2) is 8.01. The van der Waals surface area contributed by atoms with Crippen LogP contribution in [0.25, 0.3) is 0 Å². The van der Waals surface area contributed by atoms with Crippen LogP contribution in [-0.4, -0.2) is 20.2 Å². The van der Waals surface area contributed by atoms with E-state index in [1.54, 1.807) is 0 Å². The van der Waals surface area contributed by atoms with Gasteiger partial charge in [-0.2, -0.15) is 0 Å². The molecule has 4 heteroatoms. The van der Waals surface area contributed by atoms with E-state index in [1.165, 1.54) is 12.1 Å². The molecule has 0 bridgehead atoms. The van der Waals surface area contributed by atoms with Gasteiger partial charge in [-0.25, -0.2) is 8.78 Å². The molecule has 96 valence electrons. The first-order chi connectivity index (χ1) is 8.24. The number of nitrogens with one attached hydrogen (secondary N) is 1. The number of hydrogen-bond acceptors (Lipinski definition) is 2. The lowest BCUT2D eigenvalue weighted by molar-refractivity contribution is 0.289. The van der Waals surface area contributed by atoms with Crippen molar-refractivity contribution >= 4 is 0 Å². The second-order valence-electron chi connectivity index (χ2n) is 3.94. The largest absolute Gasteiger partial charge is 0.491 e. The molecule has 0 radical (unpaired) electrons. The van der Waals surface area contributed by atoms with Crippen LogP contribution in [0.5, 0.6) is 5.75 Å². The first-order valence-electron chi connectivity index (χ1n) is 5.96. The van der Waals surface area contributed by atoms with Crippen molar-refractivity contribution in [3.63, 3.8) is 0 Å². The van der Waals surface area contributed by atoms with E-state index in [2.05, 4.69) is 5.32 Å². The van der Waals surface area contributed by atoms with E-state index in [4.69, 9.17) is 4.74 Å². The van der Waals surface area contributed by atoms with Crippen LogP contribution in [-0.2, 0) is 0 Å². The Hall–Kier alpha value is -1.16. The molecule has 0 amide bonds. The summed E-state index contributed by atoms with van der Waals surface area (Å²) < 4.78 is 31.0. The number of hydrogen-bond donors (Lipinski definition) is 1. The van der Waals surface area contributed by atoms with Crippen LogP contribution in [0.2, 0.25) is 0 Å². The maximum atomic E-state index is 13.2. The summed E-state index contributed by atoms with van der Waals surface area (Å²) in [5.41, 5.74) is 0. The van der Waals surface area contributed by atoms with Crippen molar-refractivity contribution in [3.05, 3.63) is 29.8 Å². The molecule has 0 spiro atoms. The molecule has 0 saturated heterocycles. The molecule has 0 heterocycles. The van der Waals surface area contributed by atoms with E-state index >= 15 is 0 Å². The number of unbranched alkanes of at least 4 members (excludes halogenated alkanes) is 3.